The lowest BCUT2D eigenvalue weighted by Gasteiger charge is -2.21. The molecule has 1 aliphatic heterocycles. The summed E-state index contributed by atoms with van der Waals surface area (Å²) in [6.07, 6.45) is 0.887. The van der Waals surface area contributed by atoms with Crippen molar-refractivity contribution in [3.8, 4) is 0 Å². The van der Waals surface area contributed by atoms with Gasteiger partial charge in [-0.25, -0.2) is 0 Å². The molecule has 2 amide bonds. The van der Waals surface area contributed by atoms with E-state index < -0.39 is 0 Å². The molecule has 1 aliphatic rings. The standard InChI is InChI=1S/C25H25N3O2/c1-2-27(22-12-4-3-5-13-22)25(30)20-10-8-11-21(17-20)26-18-24(29)28-16-15-19-9-6-7-14-23(19)28/h3-14,17,26H,2,15-16,18H2,1H3. The van der Waals surface area contributed by atoms with Gasteiger partial charge in [0, 0.05) is 35.7 Å². The predicted octanol–water partition coefficient (Wildman–Crippen LogP) is 4.35. The van der Waals surface area contributed by atoms with Crippen molar-refractivity contribution < 1.29 is 9.59 Å². The van der Waals surface area contributed by atoms with Crippen molar-refractivity contribution in [3.05, 3.63) is 90.0 Å². The second-order valence-corrected chi connectivity index (χ2v) is 7.24. The monoisotopic (exact) mass is 399 g/mol. The van der Waals surface area contributed by atoms with Gasteiger partial charge in [0.05, 0.1) is 6.54 Å². The molecule has 3 aromatic rings. The molecule has 0 atom stereocenters. The Balaban J connectivity index is 1.44. The van der Waals surface area contributed by atoms with E-state index in [0.717, 1.165) is 23.5 Å². The number of fused-ring (bicyclic) bond motifs is 1. The van der Waals surface area contributed by atoms with Crippen LogP contribution in [-0.2, 0) is 11.2 Å². The Morgan fingerprint density at radius 2 is 1.73 bits per heavy atom. The number of hydrogen-bond donors (Lipinski definition) is 1. The summed E-state index contributed by atoms with van der Waals surface area (Å²) in [5, 5.41) is 3.18. The lowest BCUT2D eigenvalue weighted by atomic mass is 10.1. The van der Waals surface area contributed by atoms with Gasteiger partial charge in [0.2, 0.25) is 5.91 Å². The van der Waals surface area contributed by atoms with Gasteiger partial charge in [-0.3, -0.25) is 9.59 Å². The van der Waals surface area contributed by atoms with Gasteiger partial charge in [-0.15, -0.1) is 0 Å². The van der Waals surface area contributed by atoms with E-state index in [4.69, 9.17) is 0 Å². The van der Waals surface area contributed by atoms with E-state index in [9.17, 15) is 9.59 Å². The number of benzene rings is 3. The summed E-state index contributed by atoms with van der Waals surface area (Å²) in [6, 6.07) is 25.0. The molecule has 0 unspecified atom stereocenters. The topological polar surface area (TPSA) is 52.7 Å². The maximum atomic E-state index is 13.0. The molecule has 1 N–H and O–H groups in total. The molecule has 0 aliphatic carbocycles. The molecule has 0 fully saturated rings. The zero-order valence-corrected chi connectivity index (χ0v) is 17.0. The lowest BCUT2D eigenvalue weighted by Crippen LogP contribution is -2.34. The van der Waals surface area contributed by atoms with Crippen molar-refractivity contribution in [2.45, 2.75) is 13.3 Å². The van der Waals surface area contributed by atoms with Crippen LogP contribution in [0.5, 0.6) is 0 Å². The van der Waals surface area contributed by atoms with Crippen molar-refractivity contribution in [2.24, 2.45) is 0 Å². The summed E-state index contributed by atoms with van der Waals surface area (Å²) >= 11 is 0. The van der Waals surface area contributed by atoms with Gasteiger partial charge in [0.15, 0.2) is 0 Å². The van der Waals surface area contributed by atoms with E-state index in [1.165, 1.54) is 5.56 Å². The van der Waals surface area contributed by atoms with E-state index >= 15 is 0 Å². The van der Waals surface area contributed by atoms with E-state index in [1.54, 1.807) is 17.0 Å². The largest absolute Gasteiger partial charge is 0.376 e. The highest BCUT2D eigenvalue weighted by atomic mass is 16.2. The van der Waals surface area contributed by atoms with Crippen molar-refractivity contribution in [3.63, 3.8) is 0 Å². The molecule has 0 radical (unpaired) electrons. The van der Waals surface area contributed by atoms with Crippen LogP contribution in [0.2, 0.25) is 0 Å². The average Bonchev–Trinajstić information content (AvgIpc) is 3.23. The Morgan fingerprint density at radius 3 is 2.53 bits per heavy atom. The molecule has 3 aromatic carbocycles. The normalized spacial score (nSPS) is 12.4. The molecule has 0 saturated carbocycles. The van der Waals surface area contributed by atoms with Crippen LogP contribution in [-0.4, -0.2) is 31.4 Å². The third kappa shape index (κ3) is 4.06. The third-order valence-electron chi connectivity index (χ3n) is 5.37. The van der Waals surface area contributed by atoms with Crippen molar-refractivity contribution in [2.75, 3.05) is 34.8 Å². The number of nitrogens with one attached hydrogen (secondary N) is 1. The first-order valence-electron chi connectivity index (χ1n) is 10.3. The van der Waals surface area contributed by atoms with E-state index in [2.05, 4.69) is 11.4 Å². The molecule has 0 saturated heterocycles. The van der Waals surface area contributed by atoms with Crippen LogP contribution >= 0.6 is 0 Å². The molecule has 5 nitrogen and oxygen atoms in total. The number of para-hydroxylation sites is 2. The lowest BCUT2D eigenvalue weighted by molar-refractivity contribution is -0.116. The number of anilines is 3. The van der Waals surface area contributed by atoms with Crippen LogP contribution in [0.4, 0.5) is 17.1 Å². The summed E-state index contributed by atoms with van der Waals surface area (Å²) < 4.78 is 0. The molecule has 0 spiro atoms. The molecular weight excluding hydrogens is 374 g/mol. The molecule has 5 heteroatoms. The summed E-state index contributed by atoms with van der Waals surface area (Å²) in [6.45, 7) is 3.43. The molecule has 1 heterocycles. The maximum absolute atomic E-state index is 13.0. The fraction of sp³-hybridized carbons (Fsp3) is 0.200. The van der Waals surface area contributed by atoms with Crippen LogP contribution in [0.15, 0.2) is 78.9 Å². The number of carbonyl (C=O) groups is 2. The van der Waals surface area contributed by atoms with E-state index in [1.807, 2.05) is 72.5 Å². The number of hydrogen-bond acceptors (Lipinski definition) is 3. The number of carbonyl (C=O) groups excluding carboxylic acids is 2. The second kappa shape index (κ2) is 8.82. The SMILES string of the molecule is CCN(C(=O)c1cccc(NCC(=O)N2CCc3ccccc32)c1)c1ccccc1. The van der Waals surface area contributed by atoms with Gasteiger partial charge in [-0.2, -0.15) is 0 Å². The molecule has 152 valence electrons. The van der Waals surface area contributed by atoms with Gasteiger partial charge in [-0.1, -0.05) is 42.5 Å². The third-order valence-corrected chi connectivity index (χ3v) is 5.37. The van der Waals surface area contributed by atoms with E-state index in [0.29, 0.717) is 18.7 Å². The first-order chi connectivity index (χ1) is 14.7. The van der Waals surface area contributed by atoms with Crippen LogP contribution in [0.3, 0.4) is 0 Å². The van der Waals surface area contributed by atoms with Crippen molar-refractivity contribution >= 4 is 28.9 Å². The number of amides is 2. The highest BCUT2D eigenvalue weighted by Gasteiger charge is 2.23. The Kier molecular flexibility index (Phi) is 5.80. The highest BCUT2D eigenvalue weighted by Crippen LogP contribution is 2.27. The highest BCUT2D eigenvalue weighted by molar-refractivity contribution is 6.06. The van der Waals surface area contributed by atoms with E-state index in [-0.39, 0.29) is 18.4 Å². The van der Waals surface area contributed by atoms with Crippen LogP contribution in [0, 0.1) is 0 Å². The minimum atomic E-state index is -0.0628. The van der Waals surface area contributed by atoms with Gasteiger partial charge >= 0.3 is 0 Å². The minimum Gasteiger partial charge on any atom is -0.376 e. The molecule has 30 heavy (non-hydrogen) atoms. The molecular formula is C25H25N3O2. The Hall–Kier alpha value is -3.60. The summed E-state index contributed by atoms with van der Waals surface area (Å²) in [4.78, 5) is 29.3. The first-order valence-corrected chi connectivity index (χ1v) is 10.3. The van der Waals surface area contributed by atoms with Crippen LogP contribution in [0.25, 0.3) is 0 Å². The Bertz CT molecular complexity index is 1050. The fourth-order valence-corrected chi connectivity index (χ4v) is 3.84. The smallest absolute Gasteiger partial charge is 0.258 e. The minimum absolute atomic E-state index is 0.0242. The second-order valence-electron chi connectivity index (χ2n) is 7.24. The zero-order chi connectivity index (χ0) is 20.9. The zero-order valence-electron chi connectivity index (χ0n) is 17.0. The van der Waals surface area contributed by atoms with Crippen molar-refractivity contribution in [1.82, 2.24) is 0 Å². The van der Waals surface area contributed by atoms with Gasteiger partial charge in [0.1, 0.15) is 0 Å². The number of nitrogens with zero attached hydrogens (tertiary/aromatic N) is 2. The fourth-order valence-electron chi connectivity index (χ4n) is 3.84. The first kappa shape index (κ1) is 19.7. The van der Waals surface area contributed by atoms with Crippen LogP contribution < -0.4 is 15.1 Å². The van der Waals surface area contributed by atoms with Crippen molar-refractivity contribution in [1.29, 1.82) is 0 Å². The average molecular weight is 399 g/mol. The molecule has 0 bridgehead atoms. The Labute approximate surface area is 176 Å². The number of rotatable bonds is 6. The summed E-state index contributed by atoms with van der Waals surface area (Å²) in [5.41, 5.74) is 4.41. The maximum Gasteiger partial charge on any atom is 0.258 e. The Morgan fingerprint density at radius 1 is 0.967 bits per heavy atom. The summed E-state index contributed by atoms with van der Waals surface area (Å²) in [7, 11) is 0. The molecule has 0 aromatic heterocycles. The van der Waals surface area contributed by atoms with Gasteiger partial charge < -0.3 is 15.1 Å². The van der Waals surface area contributed by atoms with Gasteiger partial charge in [-0.05, 0) is 55.3 Å². The molecule has 4 rings (SSSR count). The van der Waals surface area contributed by atoms with Crippen LogP contribution in [0.1, 0.15) is 22.8 Å². The quantitative estimate of drug-likeness (QED) is 0.670. The predicted molar refractivity (Wildman–Crippen MR) is 121 cm³/mol. The van der Waals surface area contributed by atoms with Gasteiger partial charge in [0.25, 0.3) is 5.91 Å². The summed E-state index contributed by atoms with van der Waals surface area (Å²) in [5.74, 6) is -0.0386.